The van der Waals surface area contributed by atoms with Crippen LogP contribution in [0.2, 0.25) is 0 Å². The number of para-hydroxylation sites is 2. The lowest BCUT2D eigenvalue weighted by molar-refractivity contribution is -0.119. The maximum atomic E-state index is 13.0. The van der Waals surface area contributed by atoms with Gasteiger partial charge in [-0.2, -0.15) is 0 Å². The third kappa shape index (κ3) is 4.45. The van der Waals surface area contributed by atoms with Crippen LogP contribution in [0.4, 0.5) is 11.6 Å². The molecule has 0 saturated carbocycles. The summed E-state index contributed by atoms with van der Waals surface area (Å²) in [5, 5.41) is 11.7. The third-order valence-corrected chi connectivity index (χ3v) is 5.28. The molecule has 0 saturated heterocycles. The Balaban J connectivity index is 1.80. The predicted molar refractivity (Wildman–Crippen MR) is 111 cm³/mol. The number of nitrogens with two attached hydrogens (primary N) is 1. The first kappa shape index (κ1) is 19.8. The molecule has 0 unspecified atom stereocenters. The molecule has 1 amide bonds. The van der Waals surface area contributed by atoms with Crippen LogP contribution in [0.3, 0.4) is 0 Å². The summed E-state index contributed by atoms with van der Waals surface area (Å²) >= 11 is 1.50. The van der Waals surface area contributed by atoms with Crippen LogP contribution in [-0.4, -0.2) is 27.8 Å². The number of hydrogen-bond donors (Lipinski definition) is 2. The highest BCUT2D eigenvalue weighted by Crippen LogP contribution is 2.29. The summed E-state index contributed by atoms with van der Waals surface area (Å²) in [4.78, 5) is 13.0. The van der Waals surface area contributed by atoms with Crippen LogP contribution in [0, 0.1) is 0 Å². The minimum atomic E-state index is -0.529. The van der Waals surface area contributed by atoms with Crippen molar-refractivity contribution in [1.29, 1.82) is 0 Å². The van der Waals surface area contributed by atoms with Gasteiger partial charge in [-0.1, -0.05) is 61.2 Å². The number of aromatic nitrogens is 3. The summed E-state index contributed by atoms with van der Waals surface area (Å²) in [6.45, 7) is 1.93. The highest BCUT2D eigenvalue weighted by Gasteiger charge is 2.25. The monoisotopic (exact) mass is 397 g/mol. The van der Waals surface area contributed by atoms with E-state index in [-0.39, 0.29) is 11.9 Å². The number of anilines is 2. The van der Waals surface area contributed by atoms with Gasteiger partial charge in [0.25, 0.3) is 0 Å². The lowest BCUT2D eigenvalue weighted by Gasteiger charge is -2.19. The molecule has 0 spiro atoms. The molecule has 0 radical (unpaired) electrons. The van der Waals surface area contributed by atoms with Crippen molar-refractivity contribution in [3.63, 3.8) is 0 Å². The Morgan fingerprint density at radius 1 is 1.18 bits per heavy atom. The quantitative estimate of drug-likeness (QED) is 0.562. The van der Waals surface area contributed by atoms with Gasteiger partial charge in [-0.25, -0.2) is 0 Å². The number of carbonyl (C=O) groups is 1. The fraction of sp³-hybridized carbons (Fsp3) is 0.250. The number of hydrogen-bond acceptors (Lipinski definition) is 6. The van der Waals surface area contributed by atoms with E-state index in [1.807, 2.05) is 49.4 Å². The minimum Gasteiger partial charge on any atom is -0.495 e. The zero-order valence-corrected chi connectivity index (χ0v) is 16.6. The Kier molecular flexibility index (Phi) is 6.54. The van der Waals surface area contributed by atoms with E-state index in [9.17, 15) is 4.79 Å². The Labute approximate surface area is 168 Å². The van der Waals surface area contributed by atoms with Crippen molar-refractivity contribution < 1.29 is 9.53 Å². The number of benzene rings is 2. The average Bonchev–Trinajstić information content (AvgIpc) is 3.08. The lowest BCUT2D eigenvalue weighted by atomic mass is 10.2. The van der Waals surface area contributed by atoms with Crippen molar-refractivity contribution in [1.82, 2.24) is 14.8 Å². The summed E-state index contributed by atoms with van der Waals surface area (Å²) in [7, 11) is 1.57. The topological polar surface area (TPSA) is 95.1 Å². The van der Waals surface area contributed by atoms with Gasteiger partial charge in [0.15, 0.2) is 5.16 Å². The Morgan fingerprint density at radius 3 is 2.61 bits per heavy atom. The highest BCUT2D eigenvalue weighted by molar-refractivity contribution is 7.98. The van der Waals surface area contributed by atoms with Crippen LogP contribution >= 0.6 is 11.8 Å². The van der Waals surface area contributed by atoms with Crippen LogP contribution < -0.4 is 15.8 Å². The van der Waals surface area contributed by atoms with E-state index in [4.69, 9.17) is 10.5 Å². The van der Waals surface area contributed by atoms with Gasteiger partial charge in [-0.15, -0.1) is 10.2 Å². The van der Waals surface area contributed by atoms with E-state index in [1.54, 1.807) is 23.8 Å². The second-order valence-electron chi connectivity index (χ2n) is 6.10. The summed E-state index contributed by atoms with van der Waals surface area (Å²) < 4.78 is 7.00. The number of nitrogen functional groups attached to an aromatic ring is 1. The van der Waals surface area contributed by atoms with Crippen molar-refractivity contribution in [3.8, 4) is 5.75 Å². The first-order valence-corrected chi connectivity index (χ1v) is 9.93. The highest BCUT2D eigenvalue weighted by atomic mass is 32.2. The zero-order valence-electron chi connectivity index (χ0n) is 15.8. The number of rotatable bonds is 8. The Hall–Kier alpha value is -3.00. The molecule has 0 aliphatic carbocycles. The van der Waals surface area contributed by atoms with Crippen LogP contribution in [0.1, 0.15) is 24.9 Å². The summed E-state index contributed by atoms with van der Waals surface area (Å²) in [6, 6.07) is 16.8. The summed E-state index contributed by atoms with van der Waals surface area (Å²) in [6.07, 6.45) is 0.544. The van der Waals surface area contributed by atoms with E-state index < -0.39 is 6.04 Å². The number of nitrogens with one attached hydrogen (secondary N) is 1. The first-order chi connectivity index (χ1) is 13.6. The van der Waals surface area contributed by atoms with E-state index in [1.165, 1.54) is 11.8 Å². The number of ether oxygens (including phenoxy) is 1. The number of thioether (sulfide) groups is 1. The summed E-state index contributed by atoms with van der Waals surface area (Å²) in [5.74, 6) is 1.34. The van der Waals surface area contributed by atoms with E-state index >= 15 is 0 Å². The van der Waals surface area contributed by atoms with Gasteiger partial charge in [0.2, 0.25) is 11.9 Å². The molecule has 3 rings (SSSR count). The Bertz CT molecular complexity index is 929. The molecule has 7 nitrogen and oxygen atoms in total. The predicted octanol–water partition coefficient (Wildman–Crippen LogP) is 3.75. The molecule has 3 aromatic rings. The maximum absolute atomic E-state index is 13.0. The van der Waals surface area contributed by atoms with Crippen molar-refractivity contribution in [2.24, 2.45) is 0 Å². The van der Waals surface area contributed by atoms with E-state index in [0.29, 0.717) is 28.8 Å². The van der Waals surface area contributed by atoms with Crippen molar-refractivity contribution in [2.75, 3.05) is 18.2 Å². The molecule has 0 aliphatic heterocycles. The molecule has 2 aromatic carbocycles. The molecular formula is C20H23N5O2S. The molecule has 8 heteroatoms. The van der Waals surface area contributed by atoms with E-state index in [0.717, 1.165) is 5.56 Å². The average molecular weight is 398 g/mol. The van der Waals surface area contributed by atoms with Gasteiger partial charge < -0.3 is 15.8 Å². The molecule has 0 fully saturated rings. The molecule has 0 aliphatic rings. The molecule has 1 heterocycles. The van der Waals surface area contributed by atoms with Gasteiger partial charge in [-0.05, 0) is 24.1 Å². The largest absolute Gasteiger partial charge is 0.495 e. The van der Waals surface area contributed by atoms with E-state index in [2.05, 4.69) is 15.5 Å². The Morgan fingerprint density at radius 2 is 1.89 bits per heavy atom. The van der Waals surface area contributed by atoms with Gasteiger partial charge in [0, 0.05) is 5.75 Å². The molecule has 146 valence electrons. The molecular weight excluding hydrogens is 374 g/mol. The van der Waals surface area contributed by atoms with Gasteiger partial charge >= 0.3 is 0 Å². The minimum absolute atomic E-state index is 0.194. The fourth-order valence-corrected chi connectivity index (χ4v) is 3.80. The molecule has 28 heavy (non-hydrogen) atoms. The van der Waals surface area contributed by atoms with Crippen LogP contribution in [0.25, 0.3) is 0 Å². The number of methoxy groups -OCH3 is 1. The number of nitrogens with zero attached hydrogens (tertiary/aromatic N) is 3. The maximum Gasteiger partial charge on any atom is 0.247 e. The second kappa shape index (κ2) is 9.27. The molecule has 3 N–H and O–H groups in total. The first-order valence-electron chi connectivity index (χ1n) is 8.95. The number of carbonyl (C=O) groups excluding carboxylic acids is 1. The SMILES string of the molecule is CC[C@@H](C(=O)Nc1ccccc1OC)n1c(N)nnc1SCc1ccccc1. The van der Waals surface area contributed by atoms with Gasteiger partial charge in [0.1, 0.15) is 11.8 Å². The normalized spacial score (nSPS) is 11.8. The zero-order chi connectivity index (χ0) is 19.9. The smallest absolute Gasteiger partial charge is 0.247 e. The van der Waals surface area contributed by atoms with Crippen LogP contribution in [0.5, 0.6) is 5.75 Å². The van der Waals surface area contributed by atoms with Crippen molar-refractivity contribution >= 4 is 29.3 Å². The summed E-state index contributed by atoms with van der Waals surface area (Å²) in [5.41, 5.74) is 7.81. The lowest BCUT2D eigenvalue weighted by Crippen LogP contribution is -2.27. The standard InChI is InChI=1S/C20H23N5O2S/c1-3-16(18(26)22-15-11-7-8-12-17(15)27-2)25-19(21)23-24-20(25)28-13-14-9-5-4-6-10-14/h4-12,16H,3,13H2,1-2H3,(H2,21,23)(H,22,26)/t16-/m0/s1. The molecule has 0 bridgehead atoms. The third-order valence-electron chi connectivity index (χ3n) is 4.27. The van der Waals surface area contributed by atoms with Gasteiger partial charge in [-0.3, -0.25) is 9.36 Å². The van der Waals surface area contributed by atoms with Crippen molar-refractivity contribution in [3.05, 3.63) is 60.2 Å². The van der Waals surface area contributed by atoms with Crippen LogP contribution in [0.15, 0.2) is 59.8 Å². The molecule has 1 aromatic heterocycles. The van der Waals surface area contributed by atoms with Gasteiger partial charge in [0.05, 0.1) is 12.8 Å². The number of amides is 1. The second-order valence-corrected chi connectivity index (χ2v) is 7.04. The fourth-order valence-electron chi connectivity index (χ4n) is 2.85. The van der Waals surface area contributed by atoms with Crippen molar-refractivity contribution in [2.45, 2.75) is 30.3 Å². The van der Waals surface area contributed by atoms with Crippen LogP contribution in [-0.2, 0) is 10.5 Å². The molecule has 1 atom stereocenters.